The van der Waals surface area contributed by atoms with E-state index in [-0.39, 0.29) is 5.91 Å². The number of carbonyl (C=O) groups excluding carboxylic acids is 1. The van der Waals surface area contributed by atoms with Gasteiger partial charge in [-0.1, -0.05) is 0 Å². The molecule has 3 heterocycles. The summed E-state index contributed by atoms with van der Waals surface area (Å²) in [6, 6.07) is 4.21. The highest BCUT2D eigenvalue weighted by molar-refractivity contribution is 5.93. The number of rotatable bonds is 3. The Kier molecular flexibility index (Phi) is 4.04. The molecule has 1 fully saturated rings. The van der Waals surface area contributed by atoms with E-state index in [1.54, 1.807) is 17.1 Å². The number of anilines is 1. The second kappa shape index (κ2) is 6.13. The van der Waals surface area contributed by atoms with Gasteiger partial charge in [0.15, 0.2) is 0 Å². The highest BCUT2D eigenvalue weighted by Gasteiger charge is 2.24. The number of nitrogens with one attached hydrogen (secondary N) is 1. The number of amides is 1. The standard InChI is InChI=1S/C15H20N6O/c1-11-3-4-14(19-18-11)17-13-5-7-21(8-6-13)15(22)12-9-16-20(2)10-12/h3-4,9-10,13H,5-8H2,1-2H3,(H,17,19). The SMILES string of the molecule is Cc1ccc(NC2CCN(C(=O)c3cnn(C)c3)CC2)nn1. The summed E-state index contributed by atoms with van der Waals surface area (Å²) in [5.41, 5.74) is 1.56. The van der Waals surface area contributed by atoms with E-state index in [0.717, 1.165) is 37.4 Å². The van der Waals surface area contributed by atoms with Crippen LogP contribution in [0.15, 0.2) is 24.5 Å². The van der Waals surface area contributed by atoms with E-state index in [4.69, 9.17) is 0 Å². The van der Waals surface area contributed by atoms with Gasteiger partial charge in [-0.15, -0.1) is 5.10 Å². The molecular weight excluding hydrogens is 280 g/mol. The number of hydrogen-bond donors (Lipinski definition) is 1. The molecule has 1 aliphatic rings. The Morgan fingerprint density at radius 1 is 1.27 bits per heavy atom. The number of aryl methyl sites for hydroxylation is 2. The predicted molar refractivity (Wildman–Crippen MR) is 82.5 cm³/mol. The minimum absolute atomic E-state index is 0.0571. The van der Waals surface area contributed by atoms with Crippen molar-refractivity contribution in [3.8, 4) is 0 Å². The Labute approximate surface area is 129 Å². The van der Waals surface area contributed by atoms with Gasteiger partial charge in [0, 0.05) is 32.4 Å². The Morgan fingerprint density at radius 2 is 2.05 bits per heavy atom. The fraction of sp³-hybridized carbons (Fsp3) is 0.467. The van der Waals surface area contributed by atoms with Gasteiger partial charge in [0.1, 0.15) is 5.82 Å². The lowest BCUT2D eigenvalue weighted by Crippen LogP contribution is -2.42. The average molecular weight is 300 g/mol. The summed E-state index contributed by atoms with van der Waals surface area (Å²) in [6.07, 6.45) is 5.19. The normalized spacial score (nSPS) is 15.8. The Bertz CT molecular complexity index is 642. The van der Waals surface area contributed by atoms with Crippen molar-refractivity contribution in [1.29, 1.82) is 0 Å². The molecule has 7 nitrogen and oxygen atoms in total. The van der Waals surface area contributed by atoms with Crippen LogP contribution in [0.5, 0.6) is 0 Å². The molecule has 116 valence electrons. The van der Waals surface area contributed by atoms with Gasteiger partial charge in [-0.25, -0.2) is 0 Å². The first-order valence-corrected chi connectivity index (χ1v) is 7.46. The third kappa shape index (κ3) is 3.24. The molecule has 0 radical (unpaired) electrons. The molecule has 3 rings (SSSR count). The van der Waals surface area contributed by atoms with Crippen LogP contribution in [-0.4, -0.2) is 49.9 Å². The second-order valence-electron chi connectivity index (χ2n) is 5.67. The molecule has 1 aliphatic heterocycles. The highest BCUT2D eigenvalue weighted by Crippen LogP contribution is 2.17. The molecule has 1 N–H and O–H groups in total. The van der Waals surface area contributed by atoms with E-state index in [2.05, 4.69) is 20.6 Å². The smallest absolute Gasteiger partial charge is 0.257 e. The van der Waals surface area contributed by atoms with Crippen LogP contribution < -0.4 is 5.32 Å². The van der Waals surface area contributed by atoms with Crippen molar-refractivity contribution in [2.45, 2.75) is 25.8 Å². The number of nitrogens with zero attached hydrogens (tertiary/aromatic N) is 5. The van der Waals surface area contributed by atoms with Crippen LogP contribution in [0, 0.1) is 6.92 Å². The van der Waals surface area contributed by atoms with E-state index in [1.165, 1.54) is 0 Å². The van der Waals surface area contributed by atoms with Crippen molar-refractivity contribution in [2.75, 3.05) is 18.4 Å². The van der Waals surface area contributed by atoms with Gasteiger partial charge in [-0.2, -0.15) is 10.2 Å². The molecule has 22 heavy (non-hydrogen) atoms. The van der Waals surface area contributed by atoms with Crippen molar-refractivity contribution in [2.24, 2.45) is 7.05 Å². The Morgan fingerprint density at radius 3 is 2.64 bits per heavy atom. The minimum atomic E-state index is 0.0571. The maximum atomic E-state index is 12.3. The molecule has 0 unspecified atom stereocenters. The first-order valence-electron chi connectivity index (χ1n) is 7.46. The largest absolute Gasteiger partial charge is 0.366 e. The number of hydrogen-bond acceptors (Lipinski definition) is 5. The molecule has 0 bridgehead atoms. The Hall–Kier alpha value is -2.44. The van der Waals surface area contributed by atoms with Gasteiger partial charge >= 0.3 is 0 Å². The summed E-state index contributed by atoms with van der Waals surface area (Å²) in [7, 11) is 1.82. The summed E-state index contributed by atoms with van der Waals surface area (Å²) >= 11 is 0. The van der Waals surface area contributed by atoms with Crippen LogP contribution in [0.4, 0.5) is 5.82 Å². The molecule has 0 aliphatic carbocycles. The van der Waals surface area contributed by atoms with Crippen LogP contribution in [0.1, 0.15) is 28.9 Å². The first kappa shape index (κ1) is 14.5. The van der Waals surface area contributed by atoms with Crippen molar-refractivity contribution < 1.29 is 4.79 Å². The van der Waals surface area contributed by atoms with E-state index < -0.39 is 0 Å². The van der Waals surface area contributed by atoms with Crippen LogP contribution in [-0.2, 0) is 7.05 Å². The topological polar surface area (TPSA) is 75.9 Å². The van der Waals surface area contributed by atoms with E-state index in [0.29, 0.717) is 11.6 Å². The minimum Gasteiger partial charge on any atom is -0.366 e. The molecule has 0 spiro atoms. The fourth-order valence-corrected chi connectivity index (χ4v) is 2.63. The molecule has 0 aromatic carbocycles. The molecule has 0 saturated carbocycles. The van der Waals surface area contributed by atoms with Crippen molar-refractivity contribution in [1.82, 2.24) is 24.9 Å². The van der Waals surface area contributed by atoms with Gasteiger partial charge < -0.3 is 10.2 Å². The lowest BCUT2D eigenvalue weighted by atomic mass is 10.0. The summed E-state index contributed by atoms with van der Waals surface area (Å²) in [5.74, 6) is 0.851. The van der Waals surface area contributed by atoms with Gasteiger partial charge in [0.2, 0.25) is 0 Å². The zero-order valence-electron chi connectivity index (χ0n) is 12.9. The maximum absolute atomic E-state index is 12.3. The van der Waals surface area contributed by atoms with Gasteiger partial charge in [-0.3, -0.25) is 9.48 Å². The number of piperidine rings is 1. The maximum Gasteiger partial charge on any atom is 0.257 e. The van der Waals surface area contributed by atoms with Gasteiger partial charge in [0.25, 0.3) is 5.91 Å². The first-order chi connectivity index (χ1) is 10.6. The zero-order chi connectivity index (χ0) is 15.5. The zero-order valence-corrected chi connectivity index (χ0v) is 12.9. The molecule has 2 aromatic heterocycles. The van der Waals surface area contributed by atoms with E-state index >= 15 is 0 Å². The van der Waals surface area contributed by atoms with Crippen LogP contribution in [0.2, 0.25) is 0 Å². The lowest BCUT2D eigenvalue weighted by Gasteiger charge is -2.32. The monoisotopic (exact) mass is 300 g/mol. The quantitative estimate of drug-likeness (QED) is 0.923. The highest BCUT2D eigenvalue weighted by atomic mass is 16.2. The fourth-order valence-electron chi connectivity index (χ4n) is 2.63. The molecule has 7 heteroatoms. The average Bonchev–Trinajstić information content (AvgIpc) is 2.96. The summed E-state index contributed by atoms with van der Waals surface area (Å²) in [5, 5.41) is 15.6. The van der Waals surface area contributed by atoms with Crippen molar-refractivity contribution in [3.63, 3.8) is 0 Å². The summed E-state index contributed by atoms with van der Waals surface area (Å²) < 4.78 is 1.65. The van der Waals surface area contributed by atoms with Crippen molar-refractivity contribution >= 4 is 11.7 Å². The van der Waals surface area contributed by atoms with Crippen LogP contribution in [0.25, 0.3) is 0 Å². The van der Waals surface area contributed by atoms with Gasteiger partial charge in [0.05, 0.1) is 17.5 Å². The number of aromatic nitrogens is 4. The third-order valence-corrected chi connectivity index (χ3v) is 3.88. The summed E-state index contributed by atoms with van der Waals surface area (Å²) in [4.78, 5) is 14.2. The molecule has 0 atom stereocenters. The lowest BCUT2D eigenvalue weighted by molar-refractivity contribution is 0.0718. The van der Waals surface area contributed by atoms with E-state index in [1.807, 2.05) is 31.0 Å². The van der Waals surface area contributed by atoms with Gasteiger partial charge in [-0.05, 0) is 31.9 Å². The molecule has 1 amide bonds. The molecular formula is C15H20N6O. The number of carbonyl (C=O) groups is 1. The van der Waals surface area contributed by atoms with Crippen LogP contribution >= 0.6 is 0 Å². The van der Waals surface area contributed by atoms with Crippen LogP contribution in [0.3, 0.4) is 0 Å². The second-order valence-corrected chi connectivity index (χ2v) is 5.67. The van der Waals surface area contributed by atoms with E-state index in [9.17, 15) is 4.79 Å². The predicted octanol–water partition coefficient (Wildman–Crippen LogP) is 1.24. The molecule has 2 aromatic rings. The van der Waals surface area contributed by atoms with Crippen molar-refractivity contribution in [3.05, 3.63) is 35.8 Å². The number of likely N-dealkylation sites (tertiary alicyclic amines) is 1. The summed E-state index contributed by atoms with van der Waals surface area (Å²) in [6.45, 7) is 3.40. The Balaban J connectivity index is 1.54. The molecule has 1 saturated heterocycles. The third-order valence-electron chi connectivity index (χ3n) is 3.88.